The molecule has 4 nitrogen and oxygen atoms in total. The van der Waals surface area contributed by atoms with Gasteiger partial charge in [0.15, 0.2) is 5.13 Å². The number of rotatable bonds is 3. The van der Waals surface area contributed by atoms with Crippen LogP contribution in [0.5, 0.6) is 0 Å². The summed E-state index contributed by atoms with van der Waals surface area (Å²) in [7, 11) is 3.36. The van der Waals surface area contributed by atoms with Crippen LogP contribution in [0.3, 0.4) is 0 Å². The second-order valence-corrected chi connectivity index (χ2v) is 3.01. The number of oxime groups is 1. The van der Waals surface area contributed by atoms with Gasteiger partial charge in [-0.1, -0.05) is 5.16 Å². The van der Waals surface area contributed by atoms with Crippen molar-refractivity contribution in [3.05, 3.63) is 11.1 Å². The summed E-state index contributed by atoms with van der Waals surface area (Å²) in [6, 6.07) is 0. The van der Waals surface area contributed by atoms with Crippen LogP contribution in [0, 0.1) is 0 Å². The van der Waals surface area contributed by atoms with E-state index in [0.29, 0.717) is 0 Å². The van der Waals surface area contributed by atoms with Gasteiger partial charge in [-0.05, 0) is 6.92 Å². The monoisotopic (exact) mass is 185 g/mol. The molecule has 0 fully saturated rings. The molecule has 0 aliphatic heterocycles. The zero-order valence-electron chi connectivity index (χ0n) is 7.29. The van der Waals surface area contributed by atoms with Gasteiger partial charge in [0, 0.05) is 12.4 Å². The summed E-state index contributed by atoms with van der Waals surface area (Å²) in [5.41, 5.74) is 1.64. The Morgan fingerprint density at radius 3 is 3.00 bits per heavy atom. The van der Waals surface area contributed by atoms with Crippen LogP contribution in [0.25, 0.3) is 0 Å². The Hall–Kier alpha value is -1.10. The first-order chi connectivity index (χ1) is 5.77. The minimum Gasteiger partial charge on any atom is -0.399 e. The summed E-state index contributed by atoms with van der Waals surface area (Å²) in [5, 5.41) is 9.55. The van der Waals surface area contributed by atoms with Gasteiger partial charge in [-0.2, -0.15) is 0 Å². The Bertz CT molecular complexity index is 282. The van der Waals surface area contributed by atoms with Gasteiger partial charge in [-0.3, -0.25) is 0 Å². The largest absolute Gasteiger partial charge is 0.399 e. The van der Waals surface area contributed by atoms with Crippen LogP contribution in [0.1, 0.15) is 12.6 Å². The normalized spacial score (nSPS) is 11.4. The molecule has 5 heteroatoms. The highest BCUT2D eigenvalue weighted by molar-refractivity contribution is 7.13. The molecule has 0 spiro atoms. The molecule has 0 unspecified atom stereocenters. The van der Waals surface area contributed by atoms with E-state index in [1.807, 2.05) is 19.4 Å². The summed E-state index contributed by atoms with van der Waals surface area (Å²) < 4.78 is 0. The summed E-state index contributed by atoms with van der Waals surface area (Å²) in [4.78, 5) is 8.88. The number of nitrogens with one attached hydrogen (secondary N) is 1. The lowest BCUT2D eigenvalue weighted by atomic mass is 10.3. The average molecular weight is 185 g/mol. The fraction of sp³-hybridized carbons (Fsp3) is 0.429. The van der Waals surface area contributed by atoms with E-state index in [1.165, 1.54) is 7.11 Å². The van der Waals surface area contributed by atoms with Crippen molar-refractivity contribution >= 4 is 22.2 Å². The molecule has 1 rings (SSSR count). The van der Waals surface area contributed by atoms with Crippen LogP contribution >= 0.6 is 11.3 Å². The highest BCUT2D eigenvalue weighted by Gasteiger charge is 2.02. The lowest BCUT2D eigenvalue weighted by Gasteiger charge is -1.92. The summed E-state index contributed by atoms with van der Waals surface area (Å²) in [6.45, 7) is 1.86. The number of anilines is 1. The SMILES string of the molecule is CNc1nc(/C(C)=N\OC)cs1. The fourth-order valence-corrected chi connectivity index (χ4v) is 1.45. The van der Waals surface area contributed by atoms with Crippen molar-refractivity contribution in [1.29, 1.82) is 0 Å². The Morgan fingerprint density at radius 1 is 1.75 bits per heavy atom. The lowest BCUT2D eigenvalue weighted by molar-refractivity contribution is 0.213. The maximum absolute atomic E-state index is 4.63. The maximum Gasteiger partial charge on any atom is 0.182 e. The minimum atomic E-state index is 0.787. The van der Waals surface area contributed by atoms with Gasteiger partial charge in [0.2, 0.25) is 0 Å². The molecule has 0 atom stereocenters. The van der Waals surface area contributed by atoms with E-state index in [9.17, 15) is 0 Å². The first kappa shape index (κ1) is 8.99. The van der Waals surface area contributed by atoms with Crippen molar-refractivity contribution in [1.82, 2.24) is 4.98 Å². The van der Waals surface area contributed by atoms with E-state index in [2.05, 4.69) is 20.3 Å². The Balaban J connectivity index is 2.81. The van der Waals surface area contributed by atoms with E-state index in [0.717, 1.165) is 16.5 Å². The highest BCUT2D eigenvalue weighted by Crippen LogP contribution is 2.14. The van der Waals surface area contributed by atoms with E-state index >= 15 is 0 Å². The first-order valence-electron chi connectivity index (χ1n) is 3.49. The molecular formula is C7H11N3OS. The number of hydrogen-bond acceptors (Lipinski definition) is 5. The third-order valence-corrected chi connectivity index (χ3v) is 2.18. The fourth-order valence-electron chi connectivity index (χ4n) is 0.738. The molecule has 1 aromatic heterocycles. The Kier molecular flexibility index (Phi) is 3.04. The molecule has 1 heterocycles. The first-order valence-corrected chi connectivity index (χ1v) is 4.37. The minimum absolute atomic E-state index is 0.787. The quantitative estimate of drug-likeness (QED) is 0.574. The van der Waals surface area contributed by atoms with Crippen LogP contribution in [0.4, 0.5) is 5.13 Å². The van der Waals surface area contributed by atoms with Gasteiger partial charge in [-0.15, -0.1) is 11.3 Å². The van der Waals surface area contributed by atoms with Crippen LogP contribution in [-0.2, 0) is 4.84 Å². The van der Waals surface area contributed by atoms with Crippen molar-refractivity contribution in [2.75, 3.05) is 19.5 Å². The van der Waals surface area contributed by atoms with Gasteiger partial charge < -0.3 is 10.2 Å². The standard InChI is InChI=1S/C7H11N3OS/c1-5(10-11-3)6-4-12-7(8-2)9-6/h4H,1-3H3,(H,8,9)/b10-5-. The van der Waals surface area contributed by atoms with E-state index in [1.54, 1.807) is 11.3 Å². The van der Waals surface area contributed by atoms with Crippen molar-refractivity contribution < 1.29 is 4.84 Å². The van der Waals surface area contributed by atoms with E-state index in [4.69, 9.17) is 0 Å². The predicted molar refractivity (Wildman–Crippen MR) is 50.9 cm³/mol. The third-order valence-electron chi connectivity index (χ3n) is 1.32. The molecule has 1 aromatic rings. The van der Waals surface area contributed by atoms with Crippen LogP contribution in [0.15, 0.2) is 10.5 Å². The summed E-state index contributed by atoms with van der Waals surface area (Å²) in [6.07, 6.45) is 0. The van der Waals surface area contributed by atoms with Crippen LogP contribution < -0.4 is 5.32 Å². The van der Waals surface area contributed by atoms with Crippen molar-refractivity contribution in [2.24, 2.45) is 5.16 Å². The molecule has 66 valence electrons. The van der Waals surface area contributed by atoms with Gasteiger partial charge >= 0.3 is 0 Å². The van der Waals surface area contributed by atoms with Gasteiger partial charge in [-0.25, -0.2) is 4.98 Å². The van der Waals surface area contributed by atoms with Crippen LogP contribution in [0.2, 0.25) is 0 Å². The highest BCUT2D eigenvalue weighted by atomic mass is 32.1. The summed E-state index contributed by atoms with van der Waals surface area (Å²) in [5.74, 6) is 0. The number of hydrogen-bond donors (Lipinski definition) is 1. The Labute approximate surface area is 75.3 Å². The third kappa shape index (κ3) is 1.94. The molecule has 1 N–H and O–H groups in total. The molecule has 0 aliphatic carbocycles. The number of nitrogens with zero attached hydrogens (tertiary/aromatic N) is 2. The molecule has 0 bridgehead atoms. The zero-order chi connectivity index (χ0) is 8.97. The van der Waals surface area contributed by atoms with Crippen molar-refractivity contribution in [3.8, 4) is 0 Å². The average Bonchev–Trinajstić information content (AvgIpc) is 2.52. The number of thiazole rings is 1. The number of aromatic nitrogens is 1. The van der Waals surface area contributed by atoms with Crippen molar-refractivity contribution in [2.45, 2.75) is 6.92 Å². The lowest BCUT2D eigenvalue weighted by Crippen LogP contribution is -1.96. The maximum atomic E-state index is 4.63. The van der Waals surface area contributed by atoms with Gasteiger partial charge in [0.05, 0.1) is 0 Å². The smallest absolute Gasteiger partial charge is 0.182 e. The molecule has 0 saturated carbocycles. The summed E-state index contributed by atoms with van der Waals surface area (Å²) >= 11 is 1.55. The molecular weight excluding hydrogens is 174 g/mol. The van der Waals surface area contributed by atoms with Crippen molar-refractivity contribution in [3.63, 3.8) is 0 Å². The van der Waals surface area contributed by atoms with E-state index in [-0.39, 0.29) is 0 Å². The van der Waals surface area contributed by atoms with E-state index < -0.39 is 0 Å². The van der Waals surface area contributed by atoms with Gasteiger partial charge in [0.1, 0.15) is 18.5 Å². The topological polar surface area (TPSA) is 46.5 Å². The molecule has 0 aromatic carbocycles. The molecule has 0 aliphatic rings. The second-order valence-electron chi connectivity index (χ2n) is 2.15. The molecule has 12 heavy (non-hydrogen) atoms. The second kappa shape index (κ2) is 4.06. The Morgan fingerprint density at radius 2 is 2.50 bits per heavy atom. The van der Waals surface area contributed by atoms with Gasteiger partial charge in [0.25, 0.3) is 0 Å². The van der Waals surface area contributed by atoms with Crippen LogP contribution in [-0.4, -0.2) is 24.9 Å². The molecule has 0 amide bonds. The molecule has 0 radical (unpaired) electrons. The molecule has 0 saturated heterocycles. The predicted octanol–water partition coefficient (Wildman–Crippen LogP) is 1.56. The zero-order valence-corrected chi connectivity index (χ0v) is 8.10.